The predicted molar refractivity (Wildman–Crippen MR) is 133 cm³/mol. The summed E-state index contributed by atoms with van der Waals surface area (Å²) in [6, 6.07) is 0.0315. The molecule has 0 atom stereocenters. The van der Waals surface area contributed by atoms with E-state index >= 15 is 0 Å². The number of anilines is 2. The number of amides is 2. The summed E-state index contributed by atoms with van der Waals surface area (Å²) in [5, 5.41) is 9.71. The van der Waals surface area contributed by atoms with Gasteiger partial charge in [0.2, 0.25) is 17.8 Å². The molecule has 202 valence electrons. The zero-order chi connectivity index (χ0) is 26.8. The van der Waals surface area contributed by atoms with Gasteiger partial charge in [0, 0.05) is 32.2 Å². The zero-order valence-electron chi connectivity index (χ0n) is 20.8. The molecule has 0 spiro atoms. The third kappa shape index (κ3) is 5.14. The molecule has 13 nitrogen and oxygen atoms in total. The Morgan fingerprint density at radius 2 is 2.05 bits per heavy atom. The molecule has 0 unspecified atom stereocenters. The number of likely N-dealkylation sites (N-methyl/N-ethyl adjacent to an activating group) is 1. The second kappa shape index (κ2) is 10.7. The first-order valence-electron chi connectivity index (χ1n) is 12.2. The Bertz CT molecular complexity index is 1330. The summed E-state index contributed by atoms with van der Waals surface area (Å²) in [7, 11) is 1.72. The molecule has 2 aliphatic rings. The standard InChI is InChI=1S/C23H28F2N10O3/c1-3-18(37)32(2)15-8-14(9-15)29-17(36)11-26-20-19-21(31-23(30-20)33-4-6-38-7-5-33)34(13-27-19)16-10-28-35(12-16)22(24)25/h3,10,12-15,22H,1,4-9,11H2,2H3,(H,29,36)(H,26,30,31). The van der Waals surface area contributed by atoms with Crippen molar-refractivity contribution in [3.8, 4) is 5.69 Å². The van der Waals surface area contributed by atoms with E-state index in [0.717, 1.165) is 0 Å². The highest BCUT2D eigenvalue weighted by Gasteiger charge is 2.34. The molecule has 5 rings (SSSR count). The first-order chi connectivity index (χ1) is 18.3. The Morgan fingerprint density at radius 1 is 1.29 bits per heavy atom. The lowest BCUT2D eigenvalue weighted by Crippen LogP contribution is -2.54. The summed E-state index contributed by atoms with van der Waals surface area (Å²) in [6.45, 7) is 2.85. The second-order valence-electron chi connectivity index (χ2n) is 9.11. The van der Waals surface area contributed by atoms with Crippen molar-refractivity contribution in [2.45, 2.75) is 31.5 Å². The molecule has 0 aromatic carbocycles. The Kier molecular flexibility index (Phi) is 7.18. The molecule has 0 bridgehead atoms. The van der Waals surface area contributed by atoms with Crippen LogP contribution in [0.5, 0.6) is 0 Å². The molecule has 15 heteroatoms. The minimum Gasteiger partial charge on any atom is -0.378 e. The van der Waals surface area contributed by atoms with E-state index in [4.69, 9.17) is 4.74 Å². The van der Waals surface area contributed by atoms with Crippen LogP contribution in [0.4, 0.5) is 20.5 Å². The van der Waals surface area contributed by atoms with Gasteiger partial charge in [0.1, 0.15) is 6.33 Å². The maximum atomic E-state index is 13.1. The fourth-order valence-corrected chi connectivity index (χ4v) is 4.45. The number of nitrogens with zero attached hydrogens (tertiary/aromatic N) is 8. The van der Waals surface area contributed by atoms with Crippen molar-refractivity contribution in [1.29, 1.82) is 0 Å². The number of imidazole rings is 1. The van der Waals surface area contributed by atoms with Gasteiger partial charge in [0.05, 0.1) is 37.8 Å². The van der Waals surface area contributed by atoms with Gasteiger partial charge < -0.3 is 25.2 Å². The van der Waals surface area contributed by atoms with Crippen LogP contribution in [0, 0.1) is 0 Å². The molecule has 1 saturated heterocycles. The average Bonchev–Trinajstić information content (AvgIpc) is 3.56. The van der Waals surface area contributed by atoms with Gasteiger partial charge in [-0.1, -0.05) is 6.58 Å². The zero-order valence-corrected chi connectivity index (χ0v) is 20.8. The molecule has 4 heterocycles. The summed E-state index contributed by atoms with van der Waals surface area (Å²) in [6.07, 6.45) is 6.56. The van der Waals surface area contributed by atoms with Gasteiger partial charge in [-0.25, -0.2) is 9.67 Å². The number of nitrogens with one attached hydrogen (secondary N) is 2. The number of halogens is 2. The number of hydrogen-bond acceptors (Lipinski definition) is 9. The summed E-state index contributed by atoms with van der Waals surface area (Å²) >= 11 is 0. The maximum absolute atomic E-state index is 13.1. The fourth-order valence-electron chi connectivity index (χ4n) is 4.45. The molecule has 2 N–H and O–H groups in total. The van der Waals surface area contributed by atoms with E-state index in [1.54, 1.807) is 16.5 Å². The summed E-state index contributed by atoms with van der Waals surface area (Å²) in [5.41, 5.74) is 1.13. The molecule has 1 aliphatic heterocycles. The maximum Gasteiger partial charge on any atom is 0.333 e. The molecular formula is C23H28F2N10O3. The largest absolute Gasteiger partial charge is 0.378 e. The van der Waals surface area contributed by atoms with Crippen LogP contribution in [0.2, 0.25) is 0 Å². The molecule has 2 fully saturated rings. The summed E-state index contributed by atoms with van der Waals surface area (Å²) < 4.78 is 33.7. The molecule has 0 radical (unpaired) electrons. The van der Waals surface area contributed by atoms with Crippen LogP contribution >= 0.6 is 0 Å². The Hall–Kier alpha value is -4.14. The van der Waals surface area contributed by atoms with E-state index in [9.17, 15) is 18.4 Å². The highest BCUT2D eigenvalue weighted by molar-refractivity contribution is 5.89. The van der Waals surface area contributed by atoms with Crippen molar-refractivity contribution >= 4 is 34.7 Å². The van der Waals surface area contributed by atoms with E-state index in [-0.39, 0.29) is 30.4 Å². The first kappa shape index (κ1) is 25.5. The highest BCUT2D eigenvalue weighted by atomic mass is 19.3. The van der Waals surface area contributed by atoms with Crippen LogP contribution in [0.1, 0.15) is 19.4 Å². The molecular weight excluding hydrogens is 502 g/mol. The van der Waals surface area contributed by atoms with Crippen LogP contribution < -0.4 is 15.5 Å². The number of aromatic nitrogens is 6. The van der Waals surface area contributed by atoms with Crippen molar-refractivity contribution in [3.05, 3.63) is 31.4 Å². The van der Waals surface area contributed by atoms with Crippen LogP contribution in [0.25, 0.3) is 16.9 Å². The number of ether oxygens (including phenoxy) is 1. The first-order valence-corrected chi connectivity index (χ1v) is 12.2. The van der Waals surface area contributed by atoms with E-state index in [0.29, 0.717) is 72.4 Å². The number of rotatable bonds is 9. The molecule has 3 aromatic heterocycles. The third-order valence-corrected chi connectivity index (χ3v) is 6.71. The SMILES string of the molecule is C=CC(=O)N(C)C1CC(NC(=O)CNc2nc(N3CCOCC3)nc3c2ncn3-c2cnn(C(F)F)c2)C1. The van der Waals surface area contributed by atoms with E-state index in [1.165, 1.54) is 24.8 Å². The van der Waals surface area contributed by atoms with Crippen molar-refractivity contribution < 1.29 is 23.1 Å². The second-order valence-corrected chi connectivity index (χ2v) is 9.11. The van der Waals surface area contributed by atoms with Gasteiger partial charge in [-0.15, -0.1) is 0 Å². The van der Waals surface area contributed by atoms with Crippen molar-refractivity contribution in [1.82, 2.24) is 39.5 Å². The lowest BCUT2D eigenvalue weighted by Gasteiger charge is -2.41. The smallest absolute Gasteiger partial charge is 0.333 e. The number of carbonyl (C=O) groups excluding carboxylic acids is 2. The van der Waals surface area contributed by atoms with Gasteiger partial charge >= 0.3 is 6.55 Å². The fraction of sp³-hybridized carbons (Fsp3) is 0.478. The quantitative estimate of drug-likeness (QED) is 0.388. The molecule has 1 aliphatic carbocycles. The molecule has 3 aromatic rings. The average molecular weight is 531 g/mol. The Balaban J connectivity index is 1.32. The number of alkyl halides is 2. The Morgan fingerprint density at radius 3 is 2.74 bits per heavy atom. The van der Waals surface area contributed by atoms with Crippen LogP contribution in [-0.4, -0.2) is 98.0 Å². The molecule has 38 heavy (non-hydrogen) atoms. The number of morpholine rings is 1. The predicted octanol–water partition coefficient (Wildman–Crippen LogP) is 0.947. The monoisotopic (exact) mass is 530 g/mol. The van der Waals surface area contributed by atoms with Gasteiger partial charge in [0.25, 0.3) is 0 Å². The topological polar surface area (TPSA) is 135 Å². The lowest BCUT2D eigenvalue weighted by atomic mass is 9.85. The lowest BCUT2D eigenvalue weighted by molar-refractivity contribution is -0.129. The van der Waals surface area contributed by atoms with E-state index < -0.39 is 6.55 Å². The van der Waals surface area contributed by atoms with Gasteiger partial charge in [-0.2, -0.15) is 23.8 Å². The Labute approximate surface area is 216 Å². The van der Waals surface area contributed by atoms with Gasteiger partial charge in [-0.05, 0) is 18.9 Å². The van der Waals surface area contributed by atoms with E-state index in [1.807, 2.05) is 4.90 Å². The minimum atomic E-state index is -2.78. The van der Waals surface area contributed by atoms with Crippen LogP contribution in [-0.2, 0) is 14.3 Å². The third-order valence-electron chi connectivity index (χ3n) is 6.71. The van der Waals surface area contributed by atoms with Gasteiger partial charge in [0.15, 0.2) is 17.0 Å². The van der Waals surface area contributed by atoms with Crippen molar-refractivity contribution in [2.75, 3.05) is 50.1 Å². The normalized spacial score (nSPS) is 19.3. The highest BCUT2D eigenvalue weighted by Crippen LogP contribution is 2.27. The van der Waals surface area contributed by atoms with Crippen molar-refractivity contribution in [3.63, 3.8) is 0 Å². The van der Waals surface area contributed by atoms with Crippen LogP contribution in [0.3, 0.4) is 0 Å². The van der Waals surface area contributed by atoms with E-state index in [2.05, 4.69) is 37.3 Å². The van der Waals surface area contributed by atoms with Gasteiger partial charge in [-0.3, -0.25) is 14.2 Å². The van der Waals surface area contributed by atoms with Crippen LogP contribution in [0.15, 0.2) is 31.4 Å². The molecule has 2 amide bonds. The molecule has 1 saturated carbocycles. The minimum absolute atomic E-state index is 0.0331. The van der Waals surface area contributed by atoms with Crippen molar-refractivity contribution in [2.24, 2.45) is 0 Å². The number of fused-ring (bicyclic) bond motifs is 1. The number of carbonyl (C=O) groups is 2. The number of hydrogen-bond donors (Lipinski definition) is 2. The summed E-state index contributed by atoms with van der Waals surface area (Å²) in [4.78, 5) is 41.6. The summed E-state index contributed by atoms with van der Waals surface area (Å²) in [5.74, 6) is 0.368.